The molecule has 0 saturated heterocycles. The van der Waals surface area contributed by atoms with Crippen molar-refractivity contribution in [3.63, 3.8) is 0 Å². The van der Waals surface area contributed by atoms with Crippen LogP contribution in [0.3, 0.4) is 0 Å². The van der Waals surface area contributed by atoms with Crippen molar-refractivity contribution in [1.82, 2.24) is 10.2 Å². The molecule has 0 aliphatic heterocycles. The smallest absolute Gasteiger partial charge is 0.206 e. The maximum absolute atomic E-state index is 4.22. The lowest BCUT2D eigenvalue weighted by Gasteiger charge is -2.11. The number of thiophene rings is 1. The average Bonchev–Trinajstić information content (AvgIpc) is 2.87. The van der Waals surface area contributed by atoms with Crippen LogP contribution >= 0.6 is 22.7 Å². The van der Waals surface area contributed by atoms with Crippen LogP contribution in [-0.2, 0) is 6.42 Å². The molecule has 0 aliphatic rings. The van der Waals surface area contributed by atoms with Gasteiger partial charge in [-0.2, -0.15) is 0 Å². The van der Waals surface area contributed by atoms with Crippen molar-refractivity contribution in [1.29, 1.82) is 0 Å². The molecule has 0 saturated carbocycles. The first kappa shape index (κ1) is 13.5. The highest BCUT2D eigenvalue weighted by Gasteiger charge is 2.12. The number of hydrogen-bond acceptors (Lipinski definition) is 5. The zero-order valence-corrected chi connectivity index (χ0v) is 12.9. The van der Waals surface area contributed by atoms with E-state index in [1.165, 1.54) is 10.4 Å². The van der Waals surface area contributed by atoms with Gasteiger partial charge in [0.05, 0.1) is 6.04 Å². The second kappa shape index (κ2) is 5.80. The Bertz CT molecular complexity index is 502. The van der Waals surface area contributed by atoms with Crippen LogP contribution in [-0.4, -0.2) is 10.2 Å². The monoisotopic (exact) mass is 281 g/mol. The molecule has 1 N–H and O–H groups in total. The van der Waals surface area contributed by atoms with Gasteiger partial charge in [0.25, 0.3) is 0 Å². The van der Waals surface area contributed by atoms with Crippen LogP contribution in [0.1, 0.15) is 42.3 Å². The summed E-state index contributed by atoms with van der Waals surface area (Å²) >= 11 is 3.45. The summed E-state index contributed by atoms with van der Waals surface area (Å²) in [4.78, 5) is 1.37. The predicted octanol–water partition coefficient (Wildman–Crippen LogP) is 4.28. The third kappa shape index (κ3) is 3.29. The zero-order valence-electron chi connectivity index (χ0n) is 11.2. The summed E-state index contributed by atoms with van der Waals surface area (Å²) in [6.07, 6.45) is 1.01. The van der Waals surface area contributed by atoms with Crippen LogP contribution in [0.2, 0.25) is 0 Å². The van der Waals surface area contributed by atoms with Gasteiger partial charge in [0.15, 0.2) is 0 Å². The summed E-state index contributed by atoms with van der Waals surface area (Å²) in [5.74, 6) is 0.628. The maximum Gasteiger partial charge on any atom is 0.206 e. The molecular formula is C13H19N3S2. The van der Waals surface area contributed by atoms with Crippen LogP contribution in [0, 0.1) is 12.8 Å². The molecule has 2 aromatic rings. The van der Waals surface area contributed by atoms with Gasteiger partial charge in [-0.25, -0.2) is 0 Å². The van der Waals surface area contributed by atoms with Gasteiger partial charge in [-0.3, -0.25) is 0 Å². The second-order valence-electron chi connectivity index (χ2n) is 4.93. The fourth-order valence-electron chi connectivity index (χ4n) is 1.82. The lowest BCUT2D eigenvalue weighted by molar-refractivity contribution is 0.640. The highest BCUT2D eigenvalue weighted by Crippen LogP contribution is 2.28. The van der Waals surface area contributed by atoms with Crippen molar-refractivity contribution in [2.45, 2.75) is 40.2 Å². The van der Waals surface area contributed by atoms with Crippen LogP contribution < -0.4 is 5.32 Å². The number of nitrogens with one attached hydrogen (secondary N) is 1. The van der Waals surface area contributed by atoms with E-state index in [4.69, 9.17) is 0 Å². The number of aryl methyl sites for hydroxylation is 1. The van der Waals surface area contributed by atoms with Gasteiger partial charge in [0.1, 0.15) is 5.01 Å². The molecule has 2 aromatic heterocycles. The molecule has 0 aromatic carbocycles. The first-order valence-electron chi connectivity index (χ1n) is 6.19. The highest BCUT2D eigenvalue weighted by molar-refractivity contribution is 7.15. The molecule has 0 bridgehead atoms. The summed E-state index contributed by atoms with van der Waals surface area (Å²) in [6.45, 7) is 8.72. The summed E-state index contributed by atoms with van der Waals surface area (Å²) in [7, 11) is 0. The molecular weight excluding hydrogens is 262 g/mol. The molecule has 0 aliphatic carbocycles. The Hall–Kier alpha value is -0.940. The molecule has 0 spiro atoms. The standard InChI is InChI=1S/C13H19N3S2/c1-8(2)7-11-15-16-13(18-11)14-10(4)12-9(3)5-6-17-12/h5-6,8,10H,7H2,1-4H3,(H,14,16). The maximum atomic E-state index is 4.22. The molecule has 3 nitrogen and oxygen atoms in total. The first-order chi connectivity index (χ1) is 8.56. The zero-order chi connectivity index (χ0) is 13.1. The topological polar surface area (TPSA) is 37.8 Å². The van der Waals surface area contributed by atoms with Crippen molar-refractivity contribution in [3.05, 3.63) is 26.9 Å². The molecule has 5 heteroatoms. The number of rotatable bonds is 5. The second-order valence-corrected chi connectivity index (χ2v) is 6.94. The van der Waals surface area contributed by atoms with Gasteiger partial charge < -0.3 is 5.32 Å². The lowest BCUT2D eigenvalue weighted by Crippen LogP contribution is -2.05. The van der Waals surface area contributed by atoms with E-state index in [0.29, 0.717) is 12.0 Å². The fourth-order valence-corrected chi connectivity index (χ4v) is 3.80. The summed E-state index contributed by atoms with van der Waals surface area (Å²) in [5.41, 5.74) is 1.34. The fraction of sp³-hybridized carbons (Fsp3) is 0.538. The lowest BCUT2D eigenvalue weighted by atomic mass is 10.1. The van der Waals surface area contributed by atoms with Crippen molar-refractivity contribution in [2.75, 3.05) is 5.32 Å². The van der Waals surface area contributed by atoms with Crippen LogP contribution in [0.5, 0.6) is 0 Å². The van der Waals surface area contributed by atoms with Crippen LogP contribution in [0.4, 0.5) is 5.13 Å². The van der Waals surface area contributed by atoms with E-state index in [-0.39, 0.29) is 0 Å². The molecule has 1 atom stereocenters. The summed E-state index contributed by atoms with van der Waals surface area (Å²) < 4.78 is 0. The minimum absolute atomic E-state index is 0.296. The Morgan fingerprint density at radius 1 is 1.28 bits per heavy atom. The van der Waals surface area contributed by atoms with Gasteiger partial charge in [0, 0.05) is 11.3 Å². The largest absolute Gasteiger partial charge is 0.353 e. The third-order valence-corrected chi connectivity index (χ3v) is 4.76. The molecule has 98 valence electrons. The van der Waals surface area contributed by atoms with E-state index < -0.39 is 0 Å². The van der Waals surface area contributed by atoms with E-state index in [0.717, 1.165) is 16.6 Å². The molecule has 1 unspecified atom stereocenters. The van der Waals surface area contributed by atoms with Gasteiger partial charge in [-0.1, -0.05) is 25.2 Å². The average molecular weight is 281 g/mol. The first-order valence-corrected chi connectivity index (χ1v) is 7.88. The van der Waals surface area contributed by atoms with Crippen molar-refractivity contribution >= 4 is 27.8 Å². The summed E-state index contributed by atoms with van der Waals surface area (Å²) in [6, 6.07) is 2.45. The Morgan fingerprint density at radius 2 is 2.06 bits per heavy atom. The minimum atomic E-state index is 0.296. The third-order valence-electron chi connectivity index (χ3n) is 2.68. The van der Waals surface area contributed by atoms with Gasteiger partial charge >= 0.3 is 0 Å². The normalized spacial score (nSPS) is 12.9. The molecule has 0 fully saturated rings. The van der Waals surface area contributed by atoms with E-state index in [2.05, 4.69) is 54.7 Å². The molecule has 0 radical (unpaired) electrons. The predicted molar refractivity (Wildman–Crippen MR) is 79.5 cm³/mol. The number of hydrogen-bond donors (Lipinski definition) is 1. The molecule has 2 heterocycles. The number of anilines is 1. The summed E-state index contributed by atoms with van der Waals surface area (Å²) in [5, 5.41) is 16.0. The van der Waals surface area contributed by atoms with Crippen molar-refractivity contribution in [2.24, 2.45) is 5.92 Å². The SMILES string of the molecule is Cc1ccsc1C(C)Nc1nnc(CC(C)C)s1. The van der Waals surface area contributed by atoms with Gasteiger partial charge in [-0.05, 0) is 36.8 Å². The van der Waals surface area contributed by atoms with Crippen molar-refractivity contribution < 1.29 is 0 Å². The van der Waals surface area contributed by atoms with Gasteiger partial charge in [0.2, 0.25) is 5.13 Å². The van der Waals surface area contributed by atoms with Crippen LogP contribution in [0.15, 0.2) is 11.4 Å². The Kier molecular flexibility index (Phi) is 4.35. The van der Waals surface area contributed by atoms with Gasteiger partial charge in [-0.15, -0.1) is 21.5 Å². The quantitative estimate of drug-likeness (QED) is 0.889. The molecule has 2 rings (SSSR count). The van der Waals surface area contributed by atoms with E-state index in [1.54, 1.807) is 22.7 Å². The van der Waals surface area contributed by atoms with E-state index >= 15 is 0 Å². The number of nitrogens with zero attached hydrogens (tertiary/aromatic N) is 2. The highest BCUT2D eigenvalue weighted by atomic mass is 32.1. The van der Waals surface area contributed by atoms with Crippen LogP contribution in [0.25, 0.3) is 0 Å². The minimum Gasteiger partial charge on any atom is -0.353 e. The van der Waals surface area contributed by atoms with E-state index in [9.17, 15) is 0 Å². The Labute approximate surface area is 116 Å². The Balaban J connectivity index is 2.01. The van der Waals surface area contributed by atoms with Crippen molar-refractivity contribution in [3.8, 4) is 0 Å². The Morgan fingerprint density at radius 3 is 2.67 bits per heavy atom. The number of aromatic nitrogens is 2. The molecule has 0 amide bonds. The molecule has 18 heavy (non-hydrogen) atoms. The van der Waals surface area contributed by atoms with E-state index in [1.807, 2.05) is 0 Å².